The molecule has 1 aromatic rings. The summed E-state index contributed by atoms with van der Waals surface area (Å²) in [5.41, 5.74) is -0.516. The average Bonchev–Trinajstić information content (AvgIpc) is 2.26. The van der Waals surface area contributed by atoms with Crippen molar-refractivity contribution in [2.75, 3.05) is 7.11 Å². The third-order valence-electron chi connectivity index (χ3n) is 2.02. The van der Waals surface area contributed by atoms with Gasteiger partial charge in [0.05, 0.1) is 17.6 Å². The number of hydrogen-bond acceptors (Lipinski definition) is 5. The highest BCUT2D eigenvalue weighted by Crippen LogP contribution is 2.34. The van der Waals surface area contributed by atoms with E-state index in [1.54, 1.807) is 6.07 Å². The summed E-state index contributed by atoms with van der Waals surface area (Å²) >= 11 is 0. The second kappa shape index (κ2) is 4.40. The van der Waals surface area contributed by atoms with E-state index in [0.717, 1.165) is 0 Å². The normalized spacial score (nSPS) is 9.31. The van der Waals surface area contributed by atoms with E-state index in [1.807, 2.05) is 0 Å². The highest BCUT2D eigenvalue weighted by molar-refractivity contribution is 5.98. The Balaban J connectivity index is 3.64. The summed E-state index contributed by atoms with van der Waals surface area (Å²) in [7, 11) is 1.22. The first-order chi connectivity index (χ1) is 7.52. The molecule has 16 heavy (non-hydrogen) atoms. The fourth-order valence-corrected chi connectivity index (χ4v) is 1.33. The molecule has 0 saturated heterocycles. The van der Waals surface area contributed by atoms with E-state index >= 15 is 0 Å². The summed E-state index contributed by atoms with van der Waals surface area (Å²) < 4.78 is 4.83. The van der Waals surface area contributed by atoms with Crippen LogP contribution in [0.15, 0.2) is 12.1 Å². The second-order valence-electron chi connectivity index (χ2n) is 2.97. The van der Waals surface area contributed by atoms with Crippen molar-refractivity contribution in [2.45, 2.75) is 6.92 Å². The minimum absolute atomic E-state index is 0.0909. The summed E-state index contributed by atoms with van der Waals surface area (Å²) in [6.45, 7) is 1.27. The Labute approximate surface area is 91.2 Å². The van der Waals surface area contributed by atoms with Gasteiger partial charge >= 0.3 is 5.69 Å². The summed E-state index contributed by atoms with van der Waals surface area (Å²) in [5, 5.41) is 19.5. The summed E-state index contributed by atoms with van der Waals surface area (Å²) in [6, 6.07) is 4.26. The van der Waals surface area contributed by atoms with E-state index in [9.17, 15) is 14.9 Å². The molecule has 0 aliphatic carbocycles. The van der Waals surface area contributed by atoms with Crippen LogP contribution in [0.25, 0.3) is 0 Å². The fraction of sp³-hybridized carbons (Fsp3) is 0.200. The lowest BCUT2D eigenvalue weighted by Gasteiger charge is -2.06. The Morgan fingerprint density at radius 1 is 1.56 bits per heavy atom. The molecule has 1 aromatic carbocycles. The predicted molar refractivity (Wildman–Crippen MR) is 54.4 cm³/mol. The van der Waals surface area contributed by atoms with Gasteiger partial charge in [0.15, 0.2) is 5.78 Å². The SMILES string of the molecule is COc1c(C(C)=O)ccc(C#N)c1[N+](=O)[O-]. The number of nitro groups is 1. The minimum atomic E-state index is -0.732. The van der Waals surface area contributed by atoms with Gasteiger partial charge in [-0.1, -0.05) is 0 Å². The Bertz CT molecular complexity index is 502. The third kappa shape index (κ3) is 1.83. The van der Waals surface area contributed by atoms with Crippen LogP contribution in [-0.4, -0.2) is 17.8 Å². The van der Waals surface area contributed by atoms with Gasteiger partial charge in [0.1, 0.15) is 11.6 Å². The van der Waals surface area contributed by atoms with Crippen molar-refractivity contribution in [1.82, 2.24) is 0 Å². The van der Waals surface area contributed by atoms with Crippen LogP contribution in [0.4, 0.5) is 5.69 Å². The first kappa shape index (κ1) is 11.7. The third-order valence-corrected chi connectivity index (χ3v) is 2.02. The maximum Gasteiger partial charge on any atom is 0.329 e. The van der Waals surface area contributed by atoms with Gasteiger partial charge in [-0.2, -0.15) is 5.26 Å². The molecular weight excluding hydrogens is 212 g/mol. The summed E-state index contributed by atoms with van der Waals surface area (Å²) in [6.07, 6.45) is 0. The molecule has 0 heterocycles. The number of ketones is 1. The number of nitrogens with zero attached hydrogens (tertiary/aromatic N) is 2. The molecule has 0 aliphatic rings. The van der Waals surface area contributed by atoms with E-state index in [2.05, 4.69) is 0 Å². The molecule has 0 aliphatic heterocycles. The van der Waals surface area contributed by atoms with Crippen LogP contribution in [0.5, 0.6) is 5.75 Å². The lowest BCUT2D eigenvalue weighted by Crippen LogP contribution is -2.03. The van der Waals surface area contributed by atoms with Gasteiger partial charge in [-0.15, -0.1) is 0 Å². The lowest BCUT2D eigenvalue weighted by molar-refractivity contribution is -0.386. The quantitative estimate of drug-likeness (QED) is 0.438. The van der Waals surface area contributed by atoms with Crippen LogP contribution in [0, 0.1) is 21.4 Å². The maximum atomic E-state index is 11.2. The number of carbonyl (C=O) groups excluding carboxylic acids is 1. The van der Waals surface area contributed by atoms with Crippen molar-refractivity contribution in [2.24, 2.45) is 0 Å². The number of ether oxygens (including phenoxy) is 1. The Morgan fingerprint density at radius 2 is 2.19 bits per heavy atom. The number of carbonyl (C=O) groups is 1. The lowest BCUT2D eigenvalue weighted by atomic mass is 10.1. The molecule has 0 saturated carbocycles. The predicted octanol–water partition coefficient (Wildman–Crippen LogP) is 1.68. The van der Waals surface area contributed by atoms with E-state index in [-0.39, 0.29) is 22.7 Å². The van der Waals surface area contributed by atoms with Crippen molar-refractivity contribution < 1.29 is 14.5 Å². The minimum Gasteiger partial charge on any atom is -0.490 e. The van der Waals surface area contributed by atoms with Crippen molar-refractivity contribution in [3.8, 4) is 11.8 Å². The molecule has 0 amide bonds. The summed E-state index contributed by atoms with van der Waals surface area (Å²) in [5.74, 6) is -0.527. The standard InChI is InChI=1S/C10H8N2O4/c1-6(13)8-4-3-7(5-11)9(12(14)15)10(8)16-2/h3-4H,1-2H3. The first-order valence-corrected chi connectivity index (χ1v) is 4.29. The Kier molecular flexibility index (Phi) is 3.20. The van der Waals surface area contributed by atoms with Gasteiger partial charge in [-0.25, -0.2) is 0 Å². The van der Waals surface area contributed by atoms with E-state index in [4.69, 9.17) is 10.00 Å². The monoisotopic (exact) mass is 220 g/mol. The fourth-order valence-electron chi connectivity index (χ4n) is 1.33. The topological polar surface area (TPSA) is 93.2 Å². The van der Waals surface area contributed by atoms with Crippen LogP contribution in [-0.2, 0) is 0 Å². The molecule has 6 nitrogen and oxygen atoms in total. The van der Waals surface area contributed by atoms with Crippen LogP contribution in [0.1, 0.15) is 22.8 Å². The number of hydrogen-bond donors (Lipinski definition) is 0. The number of nitriles is 1. The zero-order chi connectivity index (χ0) is 12.3. The number of Topliss-reactive ketones (excluding diaryl/α,β-unsaturated/α-hetero) is 1. The van der Waals surface area contributed by atoms with Gasteiger partial charge in [-0.05, 0) is 19.1 Å². The first-order valence-electron chi connectivity index (χ1n) is 4.29. The number of nitro benzene ring substituents is 1. The van der Waals surface area contributed by atoms with Crippen molar-refractivity contribution >= 4 is 11.5 Å². The van der Waals surface area contributed by atoms with Gasteiger partial charge in [0.2, 0.25) is 5.75 Å². The molecule has 1 rings (SSSR count). The molecule has 0 radical (unpaired) electrons. The van der Waals surface area contributed by atoms with Gasteiger partial charge in [0.25, 0.3) is 0 Å². The van der Waals surface area contributed by atoms with Crippen molar-refractivity contribution in [3.63, 3.8) is 0 Å². The van der Waals surface area contributed by atoms with Gasteiger partial charge in [-0.3, -0.25) is 14.9 Å². The Morgan fingerprint density at radius 3 is 2.56 bits per heavy atom. The average molecular weight is 220 g/mol. The molecule has 0 atom stereocenters. The van der Waals surface area contributed by atoms with E-state index < -0.39 is 10.6 Å². The number of methoxy groups -OCH3 is 1. The molecule has 0 fully saturated rings. The Hall–Kier alpha value is -2.42. The zero-order valence-electron chi connectivity index (χ0n) is 8.68. The van der Waals surface area contributed by atoms with Crippen molar-refractivity contribution in [3.05, 3.63) is 33.4 Å². The van der Waals surface area contributed by atoms with Gasteiger partial charge < -0.3 is 4.74 Å². The zero-order valence-corrected chi connectivity index (χ0v) is 8.68. The second-order valence-corrected chi connectivity index (χ2v) is 2.97. The molecule has 6 heteroatoms. The van der Waals surface area contributed by atoms with E-state index in [0.29, 0.717) is 0 Å². The molecule has 0 N–H and O–H groups in total. The smallest absolute Gasteiger partial charge is 0.329 e. The van der Waals surface area contributed by atoms with Crippen LogP contribution in [0.2, 0.25) is 0 Å². The molecule has 0 spiro atoms. The molecule has 0 bridgehead atoms. The molecule has 82 valence electrons. The molecule has 0 unspecified atom stereocenters. The molecule has 0 aromatic heterocycles. The van der Waals surface area contributed by atoms with Crippen LogP contribution in [0.3, 0.4) is 0 Å². The summed E-state index contributed by atoms with van der Waals surface area (Å²) in [4.78, 5) is 21.3. The maximum absolute atomic E-state index is 11.2. The highest BCUT2D eigenvalue weighted by atomic mass is 16.6. The van der Waals surface area contributed by atoms with Crippen LogP contribution < -0.4 is 4.74 Å². The van der Waals surface area contributed by atoms with Gasteiger partial charge in [0, 0.05) is 0 Å². The number of benzene rings is 1. The highest BCUT2D eigenvalue weighted by Gasteiger charge is 2.25. The largest absolute Gasteiger partial charge is 0.490 e. The van der Waals surface area contributed by atoms with Crippen molar-refractivity contribution in [1.29, 1.82) is 5.26 Å². The molecular formula is C10H8N2O4. The van der Waals surface area contributed by atoms with E-state index in [1.165, 1.54) is 26.2 Å². The van der Waals surface area contributed by atoms with Crippen LogP contribution >= 0.6 is 0 Å². The number of rotatable bonds is 3.